The van der Waals surface area contributed by atoms with Crippen LogP contribution in [0.4, 0.5) is 13.2 Å². The van der Waals surface area contributed by atoms with Crippen molar-refractivity contribution in [2.75, 3.05) is 14.2 Å². The first kappa shape index (κ1) is 15.7. The summed E-state index contributed by atoms with van der Waals surface area (Å²) in [6.45, 7) is 0. The number of benzene rings is 1. The molecule has 7 heteroatoms. The monoisotopic (exact) mass is 317 g/mol. The lowest BCUT2D eigenvalue weighted by molar-refractivity contribution is -0.274. The summed E-state index contributed by atoms with van der Waals surface area (Å²) in [5.41, 5.74) is 0.684. The van der Waals surface area contributed by atoms with Gasteiger partial charge in [0.1, 0.15) is 11.5 Å². The highest BCUT2D eigenvalue weighted by Crippen LogP contribution is 2.33. The number of methoxy groups -OCH3 is 1. The van der Waals surface area contributed by atoms with E-state index in [9.17, 15) is 13.2 Å². The zero-order valence-corrected chi connectivity index (χ0v) is 12.2. The highest BCUT2D eigenvalue weighted by molar-refractivity contribution is 7.10. The number of halogens is 3. The fraction of sp³-hybridized carbons (Fsp3) is 0.286. The first-order valence-corrected chi connectivity index (χ1v) is 6.96. The molecule has 0 saturated carbocycles. The number of hydrogen-bond donors (Lipinski definition) is 1. The van der Waals surface area contributed by atoms with Gasteiger partial charge in [-0.05, 0) is 30.8 Å². The Balaban J connectivity index is 2.27. The zero-order chi connectivity index (χ0) is 15.5. The minimum Gasteiger partial charge on any atom is -0.496 e. The van der Waals surface area contributed by atoms with Crippen molar-refractivity contribution in [3.8, 4) is 11.5 Å². The lowest BCUT2D eigenvalue weighted by Crippen LogP contribution is -2.19. The first-order chi connectivity index (χ1) is 9.93. The van der Waals surface area contributed by atoms with E-state index in [4.69, 9.17) is 4.74 Å². The van der Waals surface area contributed by atoms with E-state index < -0.39 is 6.36 Å². The van der Waals surface area contributed by atoms with Crippen LogP contribution in [0.15, 0.2) is 35.7 Å². The summed E-state index contributed by atoms with van der Waals surface area (Å²) in [7, 11) is 3.31. The van der Waals surface area contributed by atoms with E-state index >= 15 is 0 Å². The predicted molar refractivity (Wildman–Crippen MR) is 74.9 cm³/mol. The fourth-order valence-electron chi connectivity index (χ4n) is 1.96. The van der Waals surface area contributed by atoms with E-state index in [1.165, 1.54) is 29.5 Å². The Morgan fingerprint density at radius 1 is 1.19 bits per heavy atom. The van der Waals surface area contributed by atoms with E-state index in [2.05, 4.69) is 10.1 Å². The van der Waals surface area contributed by atoms with Crippen LogP contribution in [-0.2, 0) is 0 Å². The fourth-order valence-corrected chi connectivity index (χ4v) is 2.95. The third kappa shape index (κ3) is 4.12. The Bertz CT molecular complexity index is 598. The molecule has 0 fully saturated rings. The van der Waals surface area contributed by atoms with E-state index in [-0.39, 0.29) is 11.8 Å². The van der Waals surface area contributed by atoms with Crippen LogP contribution in [0.2, 0.25) is 0 Å². The van der Waals surface area contributed by atoms with Crippen molar-refractivity contribution in [3.63, 3.8) is 0 Å². The second kappa shape index (κ2) is 6.36. The van der Waals surface area contributed by atoms with Crippen molar-refractivity contribution in [2.45, 2.75) is 12.4 Å². The normalized spacial score (nSPS) is 13.0. The van der Waals surface area contributed by atoms with Gasteiger partial charge in [-0.2, -0.15) is 0 Å². The van der Waals surface area contributed by atoms with Gasteiger partial charge in [0.05, 0.1) is 13.2 Å². The molecule has 1 aromatic carbocycles. The standard InChI is InChI=1S/C14H14F3NO2S/c1-18-13(12-7-11(19-2)8-21-12)9-4-3-5-10(6-9)20-14(15,16)17/h3-8,13,18H,1-2H3. The minimum atomic E-state index is -4.69. The molecule has 1 N–H and O–H groups in total. The van der Waals surface area contributed by atoms with E-state index in [0.29, 0.717) is 5.56 Å². The van der Waals surface area contributed by atoms with Crippen molar-refractivity contribution in [2.24, 2.45) is 0 Å². The van der Waals surface area contributed by atoms with Crippen LogP contribution in [-0.4, -0.2) is 20.5 Å². The molecule has 2 rings (SSSR count). The van der Waals surface area contributed by atoms with E-state index in [0.717, 1.165) is 10.6 Å². The first-order valence-electron chi connectivity index (χ1n) is 6.08. The van der Waals surface area contributed by atoms with Crippen LogP contribution in [0.5, 0.6) is 11.5 Å². The smallest absolute Gasteiger partial charge is 0.496 e. The Hall–Kier alpha value is -1.73. The molecule has 0 aliphatic heterocycles. The van der Waals surface area contributed by atoms with Gasteiger partial charge in [0, 0.05) is 10.3 Å². The third-order valence-corrected chi connectivity index (χ3v) is 3.81. The Labute approximate surface area is 124 Å². The number of alkyl halides is 3. The largest absolute Gasteiger partial charge is 0.573 e. The van der Waals surface area contributed by atoms with Gasteiger partial charge in [-0.25, -0.2) is 0 Å². The second-order valence-corrected chi connectivity index (χ2v) is 5.17. The molecule has 1 atom stereocenters. The van der Waals surface area contributed by atoms with Crippen molar-refractivity contribution in [3.05, 3.63) is 46.2 Å². The second-order valence-electron chi connectivity index (χ2n) is 4.23. The molecule has 0 amide bonds. The minimum absolute atomic E-state index is 0.226. The van der Waals surface area contributed by atoms with Crippen molar-refractivity contribution in [1.29, 1.82) is 0 Å². The molecule has 0 saturated heterocycles. The summed E-state index contributed by atoms with van der Waals surface area (Å²) in [6, 6.07) is 7.56. The molecule has 0 aliphatic rings. The van der Waals surface area contributed by atoms with Gasteiger partial charge < -0.3 is 14.8 Å². The Morgan fingerprint density at radius 2 is 1.95 bits per heavy atom. The highest BCUT2D eigenvalue weighted by Gasteiger charge is 2.31. The third-order valence-electron chi connectivity index (χ3n) is 2.83. The number of nitrogens with one attached hydrogen (secondary N) is 1. The molecular weight excluding hydrogens is 303 g/mol. The summed E-state index contributed by atoms with van der Waals surface area (Å²) in [4.78, 5) is 0.943. The van der Waals surface area contributed by atoms with Crippen LogP contribution in [0.25, 0.3) is 0 Å². The maximum absolute atomic E-state index is 12.3. The number of rotatable bonds is 5. The van der Waals surface area contributed by atoms with Gasteiger partial charge >= 0.3 is 6.36 Å². The van der Waals surface area contributed by atoms with Crippen LogP contribution < -0.4 is 14.8 Å². The Kier molecular flexibility index (Phi) is 4.74. The van der Waals surface area contributed by atoms with Gasteiger partial charge in [-0.1, -0.05) is 12.1 Å². The van der Waals surface area contributed by atoms with Gasteiger partial charge in [0.25, 0.3) is 0 Å². The molecular formula is C14H14F3NO2S. The highest BCUT2D eigenvalue weighted by atomic mass is 32.1. The summed E-state index contributed by atoms with van der Waals surface area (Å²) >= 11 is 1.47. The predicted octanol–water partition coefficient (Wildman–Crippen LogP) is 3.96. The van der Waals surface area contributed by atoms with Crippen LogP contribution >= 0.6 is 11.3 Å². The van der Waals surface area contributed by atoms with Gasteiger partial charge in [-0.3, -0.25) is 0 Å². The number of ether oxygens (including phenoxy) is 2. The van der Waals surface area contributed by atoms with Crippen LogP contribution in [0, 0.1) is 0 Å². The number of hydrogen-bond acceptors (Lipinski definition) is 4. The topological polar surface area (TPSA) is 30.5 Å². The maximum atomic E-state index is 12.3. The summed E-state index contributed by atoms with van der Waals surface area (Å²) < 4.78 is 45.9. The van der Waals surface area contributed by atoms with Crippen LogP contribution in [0.3, 0.4) is 0 Å². The summed E-state index contributed by atoms with van der Waals surface area (Å²) in [5.74, 6) is 0.488. The number of thiophene rings is 1. The molecule has 0 radical (unpaired) electrons. The zero-order valence-electron chi connectivity index (χ0n) is 11.4. The van der Waals surface area contributed by atoms with E-state index in [1.54, 1.807) is 20.2 Å². The van der Waals surface area contributed by atoms with Crippen LogP contribution in [0.1, 0.15) is 16.5 Å². The average molecular weight is 317 g/mol. The summed E-state index contributed by atoms with van der Waals surface area (Å²) in [6.07, 6.45) is -4.69. The lowest BCUT2D eigenvalue weighted by Gasteiger charge is -2.16. The quantitative estimate of drug-likeness (QED) is 0.905. The molecule has 0 bridgehead atoms. The molecule has 114 valence electrons. The summed E-state index contributed by atoms with van der Waals surface area (Å²) in [5, 5.41) is 4.92. The average Bonchev–Trinajstić information content (AvgIpc) is 2.87. The Morgan fingerprint density at radius 3 is 2.52 bits per heavy atom. The van der Waals surface area contributed by atoms with Crippen molar-refractivity contribution in [1.82, 2.24) is 5.32 Å². The molecule has 2 aromatic rings. The maximum Gasteiger partial charge on any atom is 0.573 e. The molecule has 1 unspecified atom stereocenters. The molecule has 0 spiro atoms. The SMILES string of the molecule is CNC(c1cccc(OC(F)(F)F)c1)c1cc(OC)cs1. The molecule has 21 heavy (non-hydrogen) atoms. The van der Waals surface area contributed by atoms with E-state index in [1.807, 2.05) is 11.4 Å². The van der Waals surface area contributed by atoms with Crippen molar-refractivity contribution < 1.29 is 22.6 Å². The molecule has 1 heterocycles. The molecule has 3 nitrogen and oxygen atoms in total. The lowest BCUT2D eigenvalue weighted by atomic mass is 10.1. The molecule has 1 aromatic heterocycles. The van der Waals surface area contributed by atoms with Gasteiger partial charge in [0.2, 0.25) is 0 Å². The van der Waals surface area contributed by atoms with Crippen molar-refractivity contribution >= 4 is 11.3 Å². The molecule has 0 aliphatic carbocycles. The van der Waals surface area contributed by atoms with Gasteiger partial charge in [-0.15, -0.1) is 24.5 Å². The van der Waals surface area contributed by atoms with Gasteiger partial charge in [0.15, 0.2) is 0 Å².